The molecule has 4 nitrogen and oxygen atoms in total. The van der Waals surface area contributed by atoms with Gasteiger partial charge in [0.1, 0.15) is 12.1 Å². The van der Waals surface area contributed by atoms with Gasteiger partial charge in [-0.3, -0.25) is 4.79 Å². The molecule has 1 aromatic heterocycles. The Hall–Kier alpha value is -4.26. The first-order valence-corrected chi connectivity index (χ1v) is 9.93. The molecule has 1 heterocycles. The molecular formula is C26H17F3N2O2. The number of fused-ring (bicyclic) bond motifs is 1. The summed E-state index contributed by atoms with van der Waals surface area (Å²) < 4.78 is 44.2. The van der Waals surface area contributed by atoms with Crippen LogP contribution in [0.5, 0.6) is 11.6 Å². The summed E-state index contributed by atoms with van der Waals surface area (Å²) in [5.74, 6) is 0.672. The summed E-state index contributed by atoms with van der Waals surface area (Å²) in [5.41, 5.74) is 1.07. The third-order valence-corrected chi connectivity index (χ3v) is 4.69. The highest BCUT2D eigenvalue weighted by atomic mass is 19.4. The van der Waals surface area contributed by atoms with Crippen LogP contribution in [0, 0.1) is 0 Å². The van der Waals surface area contributed by atoms with Crippen molar-refractivity contribution in [2.45, 2.75) is 6.18 Å². The minimum absolute atomic E-state index is 0.297. The lowest BCUT2D eigenvalue weighted by molar-refractivity contribution is -0.137. The van der Waals surface area contributed by atoms with Crippen LogP contribution >= 0.6 is 0 Å². The van der Waals surface area contributed by atoms with Crippen LogP contribution in [-0.2, 0) is 11.0 Å². The Bertz CT molecular complexity index is 1340. The summed E-state index contributed by atoms with van der Waals surface area (Å²) >= 11 is 0. The summed E-state index contributed by atoms with van der Waals surface area (Å²) in [4.78, 5) is 20.5. The number of nitrogens with zero attached hydrogens (tertiary/aromatic N) is 2. The minimum Gasteiger partial charge on any atom is -0.438 e. The van der Waals surface area contributed by atoms with E-state index >= 15 is 0 Å². The molecule has 3 aromatic carbocycles. The maximum atomic E-state index is 12.8. The number of benzene rings is 3. The number of allylic oxidation sites excluding steroid dienone is 2. The van der Waals surface area contributed by atoms with Gasteiger partial charge in [0.2, 0.25) is 5.88 Å². The molecule has 4 rings (SSSR count). The van der Waals surface area contributed by atoms with Gasteiger partial charge in [0.15, 0.2) is 5.78 Å². The van der Waals surface area contributed by atoms with Crippen molar-refractivity contribution in [3.63, 3.8) is 0 Å². The number of rotatable bonds is 6. The van der Waals surface area contributed by atoms with Crippen molar-refractivity contribution >= 4 is 28.8 Å². The van der Waals surface area contributed by atoms with Crippen molar-refractivity contribution < 1.29 is 22.7 Å². The molecule has 4 aromatic rings. The molecule has 7 heteroatoms. The van der Waals surface area contributed by atoms with Crippen LogP contribution in [0.1, 0.15) is 16.7 Å². The highest BCUT2D eigenvalue weighted by Gasteiger charge is 2.30. The number of alkyl halides is 3. The number of para-hydroxylation sites is 1. The van der Waals surface area contributed by atoms with Gasteiger partial charge in [-0.2, -0.15) is 13.2 Å². The van der Waals surface area contributed by atoms with Gasteiger partial charge in [-0.05, 0) is 59.7 Å². The third-order valence-electron chi connectivity index (χ3n) is 4.69. The van der Waals surface area contributed by atoms with Crippen molar-refractivity contribution in [1.29, 1.82) is 0 Å². The Morgan fingerprint density at radius 3 is 2.30 bits per heavy atom. The quantitative estimate of drug-likeness (QED) is 0.308. The smallest absolute Gasteiger partial charge is 0.416 e. The Morgan fingerprint density at radius 2 is 1.55 bits per heavy atom. The minimum atomic E-state index is -4.43. The molecule has 0 atom stereocenters. The largest absolute Gasteiger partial charge is 0.438 e. The first-order valence-electron chi connectivity index (χ1n) is 9.93. The highest BCUT2D eigenvalue weighted by Crippen LogP contribution is 2.30. The molecule has 0 N–H and O–H groups in total. The average molecular weight is 446 g/mol. The van der Waals surface area contributed by atoms with E-state index in [9.17, 15) is 18.0 Å². The topological polar surface area (TPSA) is 52.1 Å². The van der Waals surface area contributed by atoms with Gasteiger partial charge in [-0.15, -0.1) is 0 Å². The van der Waals surface area contributed by atoms with E-state index in [1.54, 1.807) is 30.3 Å². The molecule has 0 unspecified atom stereocenters. The van der Waals surface area contributed by atoms with Crippen LogP contribution in [0.3, 0.4) is 0 Å². The number of carbonyl (C=O) groups excluding carboxylic acids is 1. The molecule has 0 aliphatic heterocycles. The van der Waals surface area contributed by atoms with Crippen LogP contribution in [-0.4, -0.2) is 15.8 Å². The van der Waals surface area contributed by atoms with Crippen LogP contribution in [0.2, 0.25) is 0 Å². The second kappa shape index (κ2) is 9.48. The van der Waals surface area contributed by atoms with E-state index in [1.165, 1.54) is 36.7 Å². The van der Waals surface area contributed by atoms with Crippen LogP contribution in [0.4, 0.5) is 13.2 Å². The third kappa shape index (κ3) is 5.71. The number of aromatic nitrogens is 2. The zero-order valence-corrected chi connectivity index (χ0v) is 17.2. The van der Waals surface area contributed by atoms with Gasteiger partial charge in [0, 0.05) is 0 Å². The predicted molar refractivity (Wildman–Crippen MR) is 121 cm³/mol. The van der Waals surface area contributed by atoms with Gasteiger partial charge in [-0.25, -0.2) is 9.97 Å². The van der Waals surface area contributed by atoms with Gasteiger partial charge in [0.25, 0.3) is 0 Å². The molecule has 0 bridgehead atoms. The number of ether oxygens (including phenoxy) is 1. The number of ketones is 1. The second-order valence-electron chi connectivity index (χ2n) is 7.06. The number of carbonyl (C=O) groups is 1. The molecule has 0 amide bonds. The molecule has 0 saturated carbocycles. The van der Waals surface area contributed by atoms with E-state index in [4.69, 9.17) is 4.74 Å². The van der Waals surface area contributed by atoms with Gasteiger partial charge in [-0.1, -0.05) is 48.6 Å². The van der Waals surface area contributed by atoms with Crippen molar-refractivity contribution in [1.82, 2.24) is 9.97 Å². The van der Waals surface area contributed by atoms with E-state index in [2.05, 4.69) is 9.97 Å². The molecule has 164 valence electrons. The molecule has 0 saturated heterocycles. The van der Waals surface area contributed by atoms with Crippen LogP contribution < -0.4 is 4.74 Å². The van der Waals surface area contributed by atoms with E-state index in [-0.39, 0.29) is 5.78 Å². The lowest BCUT2D eigenvalue weighted by Gasteiger charge is -2.07. The molecule has 0 spiro atoms. The van der Waals surface area contributed by atoms with Crippen LogP contribution in [0.25, 0.3) is 23.1 Å². The fourth-order valence-corrected chi connectivity index (χ4v) is 3.05. The fourth-order valence-electron chi connectivity index (χ4n) is 3.05. The van der Waals surface area contributed by atoms with Crippen LogP contribution in [0.15, 0.2) is 91.3 Å². The Morgan fingerprint density at radius 1 is 0.818 bits per heavy atom. The molecule has 0 aliphatic carbocycles. The van der Waals surface area contributed by atoms with Crippen molar-refractivity contribution in [3.8, 4) is 11.6 Å². The average Bonchev–Trinajstić information content (AvgIpc) is 2.82. The van der Waals surface area contributed by atoms with E-state index in [1.807, 2.05) is 24.3 Å². The van der Waals surface area contributed by atoms with Gasteiger partial charge in [0.05, 0.1) is 16.5 Å². The first kappa shape index (κ1) is 22.0. The zero-order chi connectivity index (χ0) is 23.3. The maximum Gasteiger partial charge on any atom is 0.416 e. The number of hydrogen-bond donors (Lipinski definition) is 0. The molecule has 33 heavy (non-hydrogen) atoms. The van der Waals surface area contributed by atoms with Gasteiger partial charge < -0.3 is 4.74 Å². The Balaban J connectivity index is 1.40. The molecule has 0 aliphatic rings. The standard InChI is InChI=1S/C26H17F3N2O2/c27-26(28,29)20-5-3-4-19(16-20)9-13-21(32)12-8-18-10-14-22(15-11-18)33-25-23-6-1-2-7-24(23)30-17-31-25/h1-17H. The van der Waals surface area contributed by atoms with Gasteiger partial charge >= 0.3 is 6.18 Å². The van der Waals surface area contributed by atoms with Crippen molar-refractivity contribution in [2.24, 2.45) is 0 Å². The predicted octanol–water partition coefficient (Wildman–Crippen LogP) is 6.74. The lowest BCUT2D eigenvalue weighted by Crippen LogP contribution is -2.04. The van der Waals surface area contributed by atoms with Crippen molar-refractivity contribution in [3.05, 3.63) is 108 Å². The Kier molecular flexibility index (Phi) is 6.31. The summed E-state index contributed by atoms with van der Waals surface area (Å²) in [6, 6.07) is 19.3. The Labute approximate surface area is 187 Å². The first-order chi connectivity index (χ1) is 15.9. The summed E-state index contributed by atoms with van der Waals surface area (Å²) in [6.45, 7) is 0. The number of hydrogen-bond acceptors (Lipinski definition) is 4. The highest BCUT2D eigenvalue weighted by molar-refractivity contribution is 6.04. The fraction of sp³-hybridized carbons (Fsp3) is 0.0385. The zero-order valence-electron chi connectivity index (χ0n) is 17.2. The molecular weight excluding hydrogens is 429 g/mol. The maximum absolute atomic E-state index is 12.8. The summed E-state index contributed by atoms with van der Waals surface area (Å²) in [5, 5.41) is 0.794. The summed E-state index contributed by atoms with van der Waals surface area (Å²) in [7, 11) is 0. The summed E-state index contributed by atoms with van der Waals surface area (Å²) in [6.07, 6.45) is 2.55. The number of halogens is 3. The van der Waals surface area contributed by atoms with Crippen molar-refractivity contribution in [2.75, 3.05) is 0 Å². The van der Waals surface area contributed by atoms with E-state index < -0.39 is 11.7 Å². The monoisotopic (exact) mass is 446 g/mol. The SMILES string of the molecule is O=C(C=Cc1ccc(Oc2ncnc3ccccc23)cc1)C=Cc1cccc(C(F)(F)F)c1. The lowest BCUT2D eigenvalue weighted by atomic mass is 10.1. The normalized spacial score (nSPS) is 12.0. The molecule has 0 fully saturated rings. The molecule has 0 radical (unpaired) electrons. The second-order valence-corrected chi connectivity index (χ2v) is 7.06. The van der Waals surface area contributed by atoms with E-state index in [0.29, 0.717) is 17.2 Å². The van der Waals surface area contributed by atoms with E-state index in [0.717, 1.165) is 28.6 Å².